The molecular weight excluding hydrogens is 348 g/mol. The van der Waals surface area contributed by atoms with Crippen LogP contribution in [0.3, 0.4) is 0 Å². The first kappa shape index (κ1) is 17.8. The van der Waals surface area contributed by atoms with Gasteiger partial charge in [-0.25, -0.2) is 16.8 Å². The van der Waals surface area contributed by atoms with Crippen LogP contribution in [0.2, 0.25) is 0 Å². The summed E-state index contributed by atoms with van der Waals surface area (Å²) in [5, 5.41) is 0. The van der Waals surface area contributed by atoms with Crippen molar-refractivity contribution in [2.75, 3.05) is 37.7 Å². The van der Waals surface area contributed by atoms with Gasteiger partial charge in [-0.05, 0) is 30.5 Å². The van der Waals surface area contributed by atoms with Crippen LogP contribution in [0.5, 0.6) is 0 Å². The van der Waals surface area contributed by atoms with Crippen molar-refractivity contribution in [3.63, 3.8) is 0 Å². The predicted molar refractivity (Wildman–Crippen MR) is 93.2 cm³/mol. The molecule has 0 radical (unpaired) electrons. The van der Waals surface area contributed by atoms with E-state index in [9.17, 15) is 16.8 Å². The molecule has 0 saturated carbocycles. The molecule has 0 aliphatic carbocycles. The second-order valence-corrected chi connectivity index (χ2v) is 10.7. The fourth-order valence-corrected chi connectivity index (χ4v) is 6.60. The quantitative estimate of drug-likeness (QED) is 0.779. The van der Waals surface area contributed by atoms with Gasteiger partial charge >= 0.3 is 0 Å². The summed E-state index contributed by atoms with van der Waals surface area (Å²) < 4.78 is 50.2. The Morgan fingerprint density at radius 1 is 1.08 bits per heavy atom. The van der Waals surface area contributed by atoms with Crippen molar-refractivity contribution in [1.82, 2.24) is 9.21 Å². The number of sulfonamides is 1. The van der Waals surface area contributed by atoms with Crippen LogP contribution in [-0.2, 0) is 26.3 Å². The van der Waals surface area contributed by atoms with E-state index in [0.29, 0.717) is 37.5 Å². The van der Waals surface area contributed by atoms with Crippen LogP contribution in [0.1, 0.15) is 18.9 Å². The first-order valence-electron chi connectivity index (χ1n) is 8.35. The fourth-order valence-electron chi connectivity index (χ4n) is 3.42. The molecule has 1 atom stereocenters. The van der Waals surface area contributed by atoms with E-state index in [1.807, 2.05) is 19.1 Å². The van der Waals surface area contributed by atoms with Gasteiger partial charge in [-0.2, -0.15) is 4.31 Å². The van der Waals surface area contributed by atoms with Crippen molar-refractivity contribution in [1.29, 1.82) is 0 Å². The molecule has 0 amide bonds. The van der Waals surface area contributed by atoms with E-state index in [4.69, 9.17) is 0 Å². The highest BCUT2D eigenvalue weighted by Gasteiger charge is 2.36. The topological polar surface area (TPSA) is 74.8 Å². The number of hydrogen-bond acceptors (Lipinski definition) is 5. The fraction of sp³-hybridized carbons (Fsp3) is 0.625. The number of hydrogen-bond donors (Lipinski definition) is 0. The maximum Gasteiger partial charge on any atom is 0.243 e. The van der Waals surface area contributed by atoms with Crippen molar-refractivity contribution in [2.24, 2.45) is 0 Å². The highest BCUT2D eigenvalue weighted by atomic mass is 32.2. The number of sulfone groups is 1. The van der Waals surface area contributed by atoms with Crippen LogP contribution < -0.4 is 0 Å². The lowest BCUT2D eigenvalue weighted by Gasteiger charge is -2.36. The van der Waals surface area contributed by atoms with Crippen molar-refractivity contribution in [3.8, 4) is 0 Å². The molecule has 0 spiro atoms. The van der Waals surface area contributed by atoms with Gasteiger partial charge in [-0.3, -0.25) is 4.90 Å². The standard InChI is InChI=1S/C16H24N2O4S2/c1-2-14-3-5-16(6-4-14)24(21,22)18-10-8-17(9-11-18)15-7-12-23(19,20)13-15/h3-6,15H,2,7-13H2,1H3/t15-/m1/s1. The zero-order valence-electron chi connectivity index (χ0n) is 13.9. The van der Waals surface area contributed by atoms with Gasteiger partial charge in [-0.1, -0.05) is 19.1 Å². The van der Waals surface area contributed by atoms with Crippen molar-refractivity contribution in [2.45, 2.75) is 30.7 Å². The second kappa shape index (κ2) is 6.74. The van der Waals surface area contributed by atoms with Gasteiger partial charge in [-0.15, -0.1) is 0 Å². The lowest BCUT2D eigenvalue weighted by Crippen LogP contribution is -2.52. The lowest BCUT2D eigenvalue weighted by atomic mass is 10.2. The Balaban J connectivity index is 1.65. The van der Waals surface area contributed by atoms with Gasteiger partial charge in [0.2, 0.25) is 10.0 Å². The monoisotopic (exact) mass is 372 g/mol. The zero-order chi connectivity index (χ0) is 17.4. The second-order valence-electron chi connectivity index (χ2n) is 6.49. The van der Waals surface area contributed by atoms with E-state index in [0.717, 1.165) is 12.0 Å². The molecular formula is C16H24N2O4S2. The van der Waals surface area contributed by atoms with E-state index in [2.05, 4.69) is 4.90 Å². The normalized spacial score (nSPS) is 25.8. The molecule has 2 fully saturated rings. The lowest BCUT2D eigenvalue weighted by molar-refractivity contribution is 0.148. The summed E-state index contributed by atoms with van der Waals surface area (Å²) in [7, 11) is -6.38. The third-order valence-electron chi connectivity index (χ3n) is 4.97. The summed E-state index contributed by atoms with van der Waals surface area (Å²) in [5.41, 5.74) is 1.11. The van der Waals surface area contributed by atoms with E-state index in [-0.39, 0.29) is 17.5 Å². The summed E-state index contributed by atoms with van der Waals surface area (Å²) in [5.74, 6) is 0.457. The SMILES string of the molecule is CCc1ccc(S(=O)(=O)N2CCN([C@@H]3CCS(=O)(=O)C3)CC2)cc1. The van der Waals surface area contributed by atoms with Gasteiger partial charge in [0.15, 0.2) is 9.84 Å². The van der Waals surface area contributed by atoms with E-state index in [1.165, 1.54) is 4.31 Å². The zero-order valence-corrected chi connectivity index (χ0v) is 15.5. The molecule has 0 N–H and O–H groups in total. The Morgan fingerprint density at radius 3 is 2.21 bits per heavy atom. The molecule has 0 bridgehead atoms. The molecule has 6 nitrogen and oxygen atoms in total. The highest BCUT2D eigenvalue weighted by Crippen LogP contribution is 2.22. The average Bonchev–Trinajstić information content (AvgIpc) is 2.95. The summed E-state index contributed by atoms with van der Waals surface area (Å²) in [6.45, 7) is 4.04. The first-order valence-corrected chi connectivity index (χ1v) is 11.6. The van der Waals surface area contributed by atoms with Crippen LogP contribution in [-0.4, -0.2) is 69.8 Å². The molecule has 1 aromatic carbocycles. The Kier molecular flexibility index (Phi) is 5.01. The summed E-state index contributed by atoms with van der Waals surface area (Å²) in [6, 6.07) is 7.09. The van der Waals surface area contributed by atoms with Crippen LogP contribution in [0.15, 0.2) is 29.2 Å². The largest absolute Gasteiger partial charge is 0.297 e. The van der Waals surface area contributed by atoms with Gasteiger partial charge in [0.05, 0.1) is 16.4 Å². The molecule has 24 heavy (non-hydrogen) atoms. The maximum atomic E-state index is 12.7. The van der Waals surface area contributed by atoms with Gasteiger partial charge in [0.25, 0.3) is 0 Å². The Hall–Kier alpha value is -0.960. The van der Waals surface area contributed by atoms with E-state index < -0.39 is 19.9 Å². The number of nitrogens with zero attached hydrogens (tertiary/aromatic N) is 2. The van der Waals surface area contributed by atoms with Crippen LogP contribution >= 0.6 is 0 Å². The first-order chi connectivity index (χ1) is 11.3. The Morgan fingerprint density at radius 2 is 1.71 bits per heavy atom. The molecule has 8 heteroatoms. The summed E-state index contributed by atoms with van der Waals surface area (Å²) in [4.78, 5) is 2.45. The van der Waals surface area contributed by atoms with Gasteiger partial charge in [0, 0.05) is 32.2 Å². The van der Waals surface area contributed by atoms with Gasteiger partial charge < -0.3 is 0 Å². The van der Waals surface area contributed by atoms with Crippen molar-refractivity contribution in [3.05, 3.63) is 29.8 Å². The van der Waals surface area contributed by atoms with E-state index in [1.54, 1.807) is 12.1 Å². The molecule has 3 rings (SSSR count). The maximum absolute atomic E-state index is 12.7. The minimum Gasteiger partial charge on any atom is -0.297 e. The van der Waals surface area contributed by atoms with Crippen LogP contribution in [0.25, 0.3) is 0 Å². The molecule has 1 aromatic rings. The molecule has 134 valence electrons. The van der Waals surface area contributed by atoms with Crippen LogP contribution in [0.4, 0.5) is 0 Å². The predicted octanol–water partition coefficient (Wildman–Crippen LogP) is 0.742. The minimum atomic E-state index is -3.47. The summed E-state index contributed by atoms with van der Waals surface area (Å²) >= 11 is 0. The molecule has 2 heterocycles. The molecule has 2 aliphatic heterocycles. The van der Waals surface area contributed by atoms with Gasteiger partial charge in [0.1, 0.15) is 0 Å². The molecule has 2 aliphatic rings. The molecule has 0 aromatic heterocycles. The number of aryl methyl sites for hydroxylation is 1. The Bertz CT molecular complexity index is 780. The minimum absolute atomic E-state index is 0.0451. The number of benzene rings is 1. The number of piperazine rings is 1. The van der Waals surface area contributed by atoms with Crippen LogP contribution in [0, 0.1) is 0 Å². The summed E-state index contributed by atoms with van der Waals surface area (Å²) in [6.07, 6.45) is 1.54. The van der Waals surface area contributed by atoms with Crippen molar-refractivity contribution >= 4 is 19.9 Å². The molecule has 0 unspecified atom stereocenters. The average molecular weight is 373 g/mol. The third-order valence-corrected chi connectivity index (χ3v) is 8.63. The molecule has 2 saturated heterocycles. The van der Waals surface area contributed by atoms with Crippen molar-refractivity contribution < 1.29 is 16.8 Å². The smallest absolute Gasteiger partial charge is 0.243 e. The third kappa shape index (κ3) is 3.66. The van der Waals surface area contributed by atoms with E-state index >= 15 is 0 Å². The number of rotatable bonds is 4. The highest BCUT2D eigenvalue weighted by molar-refractivity contribution is 7.91. The Labute approximate surface area is 144 Å².